The Labute approximate surface area is 114 Å². The Morgan fingerprint density at radius 2 is 2.00 bits per heavy atom. The van der Waals surface area contributed by atoms with Gasteiger partial charge in [-0.25, -0.2) is 0 Å². The fourth-order valence-corrected chi connectivity index (χ4v) is 2.39. The molecule has 0 aliphatic carbocycles. The molecule has 0 aromatic heterocycles. The van der Waals surface area contributed by atoms with E-state index in [1.54, 1.807) is 11.8 Å². The summed E-state index contributed by atoms with van der Waals surface area (Å²) in [6.07, 6.45) is 2.07. The zero-order valence-electron chi connectivity index (χ0n) is 10.5. The Kier molecular flexibility index (Phi) is 7.40. The topological polar surface area (TPSA) is 15.6 Å². The summed E-state index contributed by atoms with van der Waals surface area (Å²) in [6.45, 7) is 2.84. The summed E-state index contributed by atoms with van der Waals surface area (Å²) >= 11 is 5.92. The number of hydrogen-bond acceptors (Lipinski definition) is 4. The van der Waals surface area contributed by atoms with E-state index in [2.05, 4.69) is 48.0 Å². The molecule has 4 heteroatoms. The van der Waals surface area contributed by atoms with Crippen molar-refractivity contribution in [1.82, 2.24) is 4.90 Å². The summed E-state index contributed by atoms with van der Waals surface area (Å²) in [5, 5.41) is 1.12. The highest BCUT2D eigenvalue weighted by molar-refractivity contribution is 8.13. The van der Waals surface area contributed by atoms with Crippen molar-refractivity contribution in [2.24, 2.45) is 4.99 Å². The predicted octanol–water partition coefficient (Wildman–Crippen LogP) is 2.66. The molecule has 0 saturated heterocycles. The van der Waals surface area contributed by atoms with E-state index < -0.39 is 0 Å². The summed E-state index contributed by atoms with van der Waals surface area (Å²) in [5.74, 6) is 0.897. The minimum Gasteiger partial charge on any atom is -0.304 e. The third-order valence-corrected chi connectivity index (χ3v) is 3.38. The van der Waals surface area contributed by atoms with Gasteiger partial charge in [-0.3, -0.25) is 4.99 Å². The van der Waals surface area contributed by atoms with Gasteiger partial charge >= 0.3 is 0 Å². The fraction of sp³-hybridized carbons (Fsp3) is 0.462. The molecule has 1 rings (SSSR count). The summed E-state index contributed by atoms with van der Waals surface area (Å²) in [6, 6.07) is 10.3. The smallest absolute Gasteiger partial charge is 0.0974 e. The first kappa shape index (κ1) is 14.6. The molecule has 0 bridgehead atoms. The molecule has 0 aliphatic heterocycles. The van der Waals surface area contributed by atoms with E-state index >= 15 is 0 Å². The molecule has 0 unspecified atom stereocenters. The van der Waals surface area contributed by atoms with Crippen LogP contribution >= 0.6 is 24.4 Å². The first-order valence-electron chi connectivity index (χ1n) is 5.71. The second-order valence-electron chi connectivity index (χ2n) is 3.78. The van der Waals surface area contributed by atoms with Crippen LogP contribution in [0.1, 0.15) is 5.56 Å². The molecule has 0 aliphatic rings. The maximum Gasteiger partial charge on any atom is 0.0974 e. The minimum absolute atomic E-state index is 0.843. The lowest BCUT2D eigenvalue weighted by Crippen LogP contribution is -2.24. The monoisotopic (exact) mass is 268 g/mol. The second-order valence-corrected chi connectivity index (χ2v) is 5.03. The van der Waals surface area contributed by atoms with Crippen molar-refractivity contribution >= 4 is 29.4 Å². The van der Waals surface area contributed by atoms with Crippen molar-refractivity contribution in [1.29, 1.82) is 0 Å². The fourth-order valence-electron chi connectivity index (χ4n) is 1.46. The largest absolute Gasteiger partial charge is 0.304 e. The van der Waals surface area contributed by atoms with Crippen molar-refractivity contribution in [2.45, 2.75) is 0 Å². The molecule has 0 amide bonds. The summed E-state index contributed by atoms with van der Waals surface area (Å²) in [7, 11) is 2.10. The lowest BCUT2D eigenvalue weighted by molar-refractivity contribution is 0.367. The highest BCUT2D eigenvalue weighted by Crippen LogP contribution is 2.10. The quantitative estimate of drug-likeness (QED) is 0.485. The first-order chi connectivity index (χ1) is 8.27. The molecule has 0 atom stereocenters. The number of thiol groups is 1. The Morgan fingerprint density at radius 1 is 1.29 bits per heavy atom. The number of nitrogens with zero attached hydrogens (tertiary/aromatic N) is 2. The van der Waals surface area contributed by atoms with Gasteiger partial charge in [-0.2, -0.15) is 12.6 Å². The number of rotatable bonds is 6. The van der Waals surface area contributed by atoms with Gasteiger partial charge in [0.25, 0.3) is 0 Å². The summed E-state index contributed by atoms with van der Waals surface area (Å²) < 4.78 is 0. The second kappa shape index (κ2) is 8.61. The van der Waals surface area contributed by atoms with Gasteiger partial charge in [0, 0.05) is 24.4 Å². The number of likely N-dealkylation sites (N-methyl/N-ethyl adjacent to an activating group) is 1. The van der Waals surface area contributed by atoms with Crippen LogP contribution in [0.4, 0.5) is 0 Å². The third kappa shape index (κ3) is 5.61. The minimum atomic E-state index is 0.843. The van der Waals surface area contributed by atoms with Crippen LogP contribution in [-0.2, 0) is 0 Å². The molecular formula is C13H20N2S2. The van der Waals surface area contributed by atoms with Gasteiger partial charge in [0.1, 0.15) is 0 Å². The van der Waals surface area contributed by atoms with Crippen molar-refractivity contribution in [3.8, 4) is 0 Å². The number of benzene rings is 1. The van der Waals surface area contributed by atoms with E-state index in [1.807, 2.05) is 18.2 Å². The molecule has 0 spiro atoms. The number of aliphatic imine (C=N–C) groups is 1. The number of thioether (sulfide) groups is 1. The highest BCUT2D eigenvalue weighted by Gasteiger charge is 2.01. The molecule has 94 valence electrons. The van der Waals surface area contributed by atoms with Crippen LogP contribution in [0.25, 0.3) is 0 Å². The average Bonchev–Trinajstić information content (AvgIpc) is 2.36. The van der Waals surface area contributed by atoms with Gasteiger partial charge < -0.3 is 4.90 Å². The highest BCUT2D eigenvalue weighted by atomic mass is 32.2. The van der Waals surface area contributed by atoms with E-state index in [1.165, 1.54) is 5.56 Å². The lowest BCUT2D eigenvalue weighted by atomic mass is 10.2. The Bertz CT molecular complexity index is 339. The standard InChI is InChI=1S/C13H20N2S2/c1-15(10-11-16)9-8-14-13(17-2)12-6-4-3-5-7-12/h3-7,16H,8-11H2,1-2H3/b14-13-. The van der Waals surface area contributed by atoms with Crippen LogP contribution < -0.4 is 0 Å². The summed E-state index contributed by atoms with van der Waals surface area (Å²) in [5.41, 5.74) is 1.21. The normalized spacial score (nSPS) is 12.1. The molecule has 0 fully saturated rings. The first-order valence-corrected chi connectivity index (χ1v) is 7.57. The van der Waals surface area contributed by atoms with Gasteiger partial charge in [-0.15, -0.1) is 11.8 Å². The van der Waals surface area contributed by atoms with Crippen LogP contribution in [-0.4, -0.2) is 48.6 Å². The maximum absolute atomic E-state index is 4.65. The Hall–Kier alpha value is -0.450. The van der Waals surface area contributed by atoms with Crippen molar-refractivity contribution in [3.63, 3.8) is 0 Å². The maximum atomic E-state index is 4.65. The van der Waals surface area contributed by atoms with Crippen LogP contribution in [0.3, 0.4) is 0 Å². The SMILES string of the molecule is CS/C(=N\CCN(C)CCS)c1ccccc1. The average molecular weight is 268 g/mol. The third-order valence-electron chi connectivity index (χ3n) is 2.43. The van der Waals surface area contributed by atoms with Crippen molar-refractivity contribution in [2.75, 3.05) is 38.7 Å². The molecule has 1 aromatic rings. The van der Waals surface area contributed by atoms with E-state index in [0.717, 1.165) is 30.4 Å². The summed E-state index contributed by atoms with van der Waals surface area (Å²) in [4.78, 5) is 6.90. The zero-order chi connectivity index (χ0) is 12.5. The van der Waals surface area contributed by atoms with Crippen LogP contribution in [0.2, 0.25) is 0 Å². The molecule has 1 aromatic carbocycles. The molecule has 0 N–H and O–H groups in total. The van der Waals surface area contributed by atoms with Gasteiger partial charge in [-0.05, 0) is 13.3 Å². The zero-order valence-corrected chi connectivity index (χ0v) is 12.2. The van der Waals surface area contributed by atoms with Crippen LogP contribution in [0, 0.1) is 0 Å². The van der Waals surface area contributed by atoms with Gasteiger partial charge in [0.2, 0.25) is 0 Å². The van der Waals surface area contributed by atoms with Gasteiger partial charge in [0.05, 0.1) is 11.6 Å². The van der Waals surface area contributed by atoms with Crippen molar-refractivity contribution < 1.29 is 0 Å². The van der Waals surface area contributed by atoms with E-state index in [-0.39, 0.29) is 0 Å². The molecule has 17 heavy (non-hydrogen) atoms. The molecule has 0 saturated carbocycles. The molecule has 2 nitrogen and oxygen atoms in total. The van der Waals surface area contributed by atoms with Gasteiger partial charge in [0.15, 0.2) is 0 Å². The number of hydrogen-bond donors (Lipinski definition) is 1. The predicted molar refractivity (Wildman–Crippen MR) is 82.7 cm³/mol. The Morgan fingerprint density at radius 3 is 2.59 bits per heavy atom. The lowest BCUT2D eigenvalue weighted by Gasteiger charge is -2.13. The van der Waals surface area contributed by atoms with E-state index in [4.69, 9.17) is 0 Å². The molecule has 0 heterocycles. The molecule has 0 radical (unpaired) electrons. The van der Waals surface area contributed by atoms with Gasteiger partial charge in [-0.1, -0.05) is 30.3 Å². The van der Waals surface area contributed by atoms with Crippen LogP contribution in [0.5, 0.6) is 0 Å². The molecular weight excluding hydrogens is 248 g/mol. The van der Waals surface area contributed by atoms with Crippen molar-refractivity contribution in [3.05, 3.63) is 35.9 Å². The van der Waals surface area contributed by atoms with E-state index in [0.29, 0.717) is 0 Å². The Balaban J connectivity index is 2.51. The van der Waals surface area contributed by atoms with Crippen LogP contribution in [0.15, 0.2) is 35.3 Å². The van der Waals surface area contributed by atoms with E-state index in [9.17, 15) is 0 Å².